The van der Waals surface area contributed by atoms with Gasteiger partial charge in [0.1, 0.15) is 18.2 Å². The number of imidazole rings is 2. The first-order chi connectivity index (χ1) is 13.6. The van der Waals surface area contributed by atoms with Gasteiger partial charge in [-0.15, -0.1) is 0 Å². The van der Waals surface area contributed by atoms with Crippen molar-refractivity contribution in [3.05, 3.63) is 64.8 Å². The number of hydrogen-bond acceptors (Lipinski definition) is 3. The van der Waals surface area contributed by atoms with Gasteiger partial charge in [-0.3, -0.25) is 9.78 Å². The zero-order valence-electron chi connectivity index (χ0n) is 14.7. The molecule has 0 saturated heterocycles. The highest BCUT2D eigenvalue weighted by Crippen LogP contribution is 2.30. The van der Waals surface area contributed by atoms with Crippen molar-refractivity contribution in [3.63, 3.8) is 0 Å². The quantitative estimate of drug-likeness (QED) is 0.333. The molecule has 7 nitrogen and oxygen atoms in total. The Balaban J connectivity index is 1.52. The number of H-pyrrole nitrogens is 2. The fourth-order valence-corrected chi connectivity index (χ4v) is 3.43. The van der Waals surface area contributed by atoms with Gasteiger partial charge in [0.05, 0.1) is 22.6 Å². The van der Waals surface area contributed by atoms with E-state index in [1.807, 2.05) is 23.3 Å². The minimum absolute atomic E-state index is 0.177. The number of amides is 1. The molecule has 1 aromatic carbocycles. The SMILES string of the molecule is O=C(NCCC[n+]1cc[nH]c1)c1ccnc2nc(-c3ccc(Cl)cc3Cl)[nH]c12. The minimum Gasteiger partial charge on any atom is -0.352 e. The van der Waals surface area contributed by atoms with Gasteiger partial charge in [0, 0.05) is 29.7 Å². The third kappa shape index (κ3) is 3.85. The summed E-state index contributed by atoms with van der Waals surface area (Å²) in [5.41, 5.74) is 2.21. The Morgan fingerprint density at radius 2 is 2.14 bits per heavy atom. The van der Waals surface area contributed by atoms with Crippen LogP contribution in [0.1, 0.15) is 16.8 Å². The van der Waals surface area contributed by atoms with Crippen molar-refractivity contribution >= 4 is 40.3 Å². The first kappa shape index (κ1) is 18.5. The van der Waals surface area contributed by atoms with Crippen molar-refractivity contribution in [1.29, 1.82) is 0 Å². The number of benzene rings is 1. The fraction of sp³-hybridized carbons (Fsp3) is 0.158. The van der Waals surface area contributed by atoms with Crippen LogP contribution in [0.15, 0.2) is 49.2 Å². The summed E-state index contributed by atoms with van der Waals surface area (Å²) in [5, 5.41) is 3.95. The number of nitrogens with zero attached hydrogens (tertiary/aromatic N) is 3. The lowest BCUT2D eigenvalue weighted by Gasteiger charge is -2.05. The van der Waals surface area contributed by atoms with Crippen LogP contribution < -0.4 is 9.88 Å². The Labute approximate surface area is 170 Å². The van der Waals surface area contributed by atoms with Crippen LogP contribution in [0.4, 0.5) is 0 Å². The maximum Gasteiger partial charge on any atom is 0.253 e. The Morgan fingerprint density at radius 1 is 1.25 bits per heavy atom. The average molecular weight is 416 g/mol. The number of rotatable bonds is 6. The molecule has 4 aromatic rings. The van der Waals surface area contributed by atoms with Gasteiger partial charge in [-0.25, -0.2) is 14.5 Å². The molecule has 0 unspecified atom stereocenters. The Bertz CT molecular complexity index is 1120. The van der Waals surface area contributed by atoms with E-state index in [9.17, 15) is 4.79 Å². The molecule has 0 saturated carbocycles. The highest BCUT2D eigenvalue weighted by atomic mass is 35.5. The number of aromatic amines is 2. The molecule has 4 rings (SSSR count). The third-order valence-corrected chi connectivity index (χ3v) is 4.85. The van der Waals surface area contributed by atoms with Crippen molar-refractivity contribution in [1.82, 2.24) is 25.3 Å². The summed E-state index contributed by atoms with van der Waals surface area (Å²) < 4.78 is 2.02. The molecule has 0 fully saturated rings. The molecule has 3 N–H and O–H groups in total. The van der Waals surface area contributed by atoms with Gasteiger partial charge < -0.3 is 10.3 Å². The highest BCUT2D eigenvalue weighted by Gasteiger charge is 2.16. The van der Waals surface area contributed by atoms with Gasteiger partial charge in [-0.05, 0) is 24.3 Å². The molecule has 0 radical (unpaired) electrons. The standard InChI is InChI=1S/C19H16Cl2N6O/c20-12-2-3-13(15(21)10-12)17-25-16-14(4-6-23-18(16)26-17)19(28)24-5-1-8-27-9-7-22-11-27/h2-4,6-7,9-11H,1,5,8H2,(H2,23,24,25,26,28)/p+1. The van der Waals surface area contributed by atoms with Crippen LogP contribution in [-0.4, -0.2) is 32.4 Å². The molecule has 0 aliphatic heterocycles. The topological polar surface area (TPSA) is 90.3 Å². The second-order valence-electron chi connectivity index (χ2n) is 6.23. The molecule has 1 amide bonds. The van der Waals surface area contributed by atoms with Crippen molar-refractivity contribution in [2.45, 2.75) is 13.0 Å². The van der Waals surface area contributed by atoms with Gasteiger partial charge in [-0.2, -0.15) is 0 Å². The fourth-order valence-electron chi connectivity index (χ4n) is 2.93. The van der Waals surface area contributed by atoms with E-state index in [2.05, 4.69) is 25.3 Å². The zero-order chi connectivity index (χ0) is 19.5. The van der Waals surface area contributed by atoms with Crippen molar-refractivity contribution in [3.8, 4) is 11.4 Å². The number of pyridine rings is 1. The van der Waals surface area contributed by atoms with E-state index in [1.165, 1.54) is 0 Å². The molecule has 0 aliphatic carbocycles. The molecule has 3 heterocycles. The normalized spacial score (nSPS) is 11.1. The van der Waals surface area contributed by atoms with E-state index in [-0.39, 0.29) is 5.91 Å². The summed E-state index contributed by atoms with van der Waals surface area (Å²) in [6.07, 6.45) is 8.07. The number of aromatic nitrogens is 5. The maximum absolute atomic E-state index is 12.6. The summed E-state index contributed by atoms with van der Waals surface area (Å²) in [4.78, 5) is 27.5. The van der Waals surface area contributed by atoms with E-state index in [0.717, 1.165) is 13.0 Å². The summed E-state index contributed by atoms with van der Waals surface area (Å²) in [7, 11) is 0. The predicted octanol–water partition coefficient (Wildman–Crippen LogP) is 3.37. The smallest absolute Gasteiger partial charge is 0.253 e. The molecule has 28 heavy (non-hydrogen) atoms. The minimum atomic E-state index is -0.177. The lowest BCUT2D eigenvalue weighted by Crippen LogP contribution is -2.33. The molecular formula is C19H17Cl2N6O+. The van der Waals surface area contributed by atoms with Gasteiger partial charge in [0.25, 0.3) is 5.91 Å². The number of hydrogen-bond donors (Lipinski definition) is 3. The average Bonchev–Trinajstić information content (AvgIpc) is 3.34. The van der Waals surface area contributed by atoms with Crippen LogP contribution in [0.5, 0.6) is 0 Å². The molecular weight excluding hydrogens is 399 g/mol. The van der Waals surface area contributed by atoms with Crippen molar-refractivity contribution in [2.24, 2.45) is 0 Å². The van der Waals surface area contributed by atoms with Crippen LogP contribution in [0.25, 0.3) is 22.6 Å². The number of carbonyl (C=O) groups excluding carboxylic acids is 1. The van der Waals surface area contributed by atoms with Crippen LogP contribution >= 0.6 is 23.2 Å². The van der Waals surface area contributed by atoms with Gasteiger partial charge in [0.2, 0.25) is 6.33 Å². The third-order valence-electron chi connectivity index (χ3n) is 4.30. The molecule has 142 valence electrons. The van der Waals surface area contributed by atoms with E-state index in [1.54, 1.807) is 30.5 Å². The first-order valence-corrected chi connectivity index (χ1v) is 9.47. The largest absolute Gasteiger partial charge is 0.352 e. The Kier molecular flexibility index (Phi) is 5.27. The second kappa shape index (κ2) is 8.00. The molecule has 0 aliphatic rings. The van der Waals surface area contributed by atoms with Gasteiger partial charge in [-0.1, -0.05) is 23.2 Å². The van der Waals surface area contributed by atoms with Crippen LogP contribution in [-0.2, 0) is 6.54 Å². The molecule has 0 spiro atoms. The zero-order valence-corrected chi connectivity index (χ0v) is 16.3. The predicted molar refractivity (Wildman–Crippen MR) is 107 cm³/mol. The summed E-state index contributed by atoms with van der Waals surface area (Å²) in [6, 6.07) is 6.83. The second-order valence-corrected chi connectivity index (χ2v) is 7.07. The van der Waals surface area contributed by atoms with Crippen molar-refractivity contribution in [2.75, 3.05) is 6.54 Å². The van der Waals surface area contributed by atoms with E-state index in [0.29, 0.717) is 44.7 Å². The molecule has 0 bridgehead atoms. The van der Waals surface area contributed by atoms with E-state index in [4.69, 9.17) is 23.2 Å². The van der Waals surface area contributed by atoms with Crippen molar-refractivity contribution < 1.29 is 9.36 Å². The lowest BCUT2D eigenvalue weighted by molar-refractivity contribution is -0.695. The molecule has 3 aromatic heterocycles. The van der Waals surface area contributed by atoms with Crippen LogP contribution in [0, 0.1) is 0 Å². The summed E-state index contributed by atoms with van der Waals surface area (Å²) >= 11 is 12.2. The van der Waals surface area contributed by atoms with E-state index < -0.39 is 0 Å². The Morgan fingerprint density at radius 3 is 2.93 bits per heavy atom. The number of nitrogens with one attached hydrogen (secondary N) is 3. The van der Waals surface area contributed by atoms with Gasteiger partial charge in [0.15, 0.2) is 5.65 Å². The number of aryl methyl sites for hydroxylation is 1. The summed E-state index contributed by atoms with van der Waals surface area (Å²) in [6.45, 7) is 1.38. The number of fused-ring (bicyclic) bond motifs is 1. The number of halogens is 2. The Hall–Kier alpha value is -2.90. The molecule has 9 heteroatoms. The van der Waals surface area contributed by atoms with Crippen LogP contribution in [0.2, 0.25) is 10.0 Å². The number of carbonyl (C=O) groups is 1. The first-order valence-electron chi connectivity index (χ1n) is 8.72. The van der Waals surface area contributed by atoms with Crippen LogP contribution in [0.3, 0.4) is 0 Å². The highest BCUT2D eigenvalue weighted by molar-refractivity contribution is 6.36. The lowest BCUT2D eigenvalue weighted by atomic mass is 10.2. The maximum atomic E-state index is 12.6. The van der Waals surface area contributed by atoms with Gasteiger partial charge >= 0.3 is 0 Å². The monoisotopic (exact) mass is 415 g/mol. The molecule has 0 atom stereocenters. The summed E-state index contributed by atoms with van der Waals surface area (Å²) in [5.74, 6) is 0.358. The van der Waals surface area contributed by atoms with E-state index >= 15 is 0 Å².